The van der Waals surface area contributed by atoms with Crippen molar-refractivity contribution < 1.29 is 27.1 Å². The molecule has 0 saturated heterocycles. The molecule has 0 aromatic heterocycles. The zero-order chi connectivity index (χ0) is 16.4. The van der Waals surface area contributed by atoms with Gasteiger partial charge in [-0.15, -0.1) is 0 Å². The summed E-state index contributed by atoms with van der Waals surface area (Å²) in [6.07, 6.45) is 1.04. The molecule has 5 N–H and O–H groups in total. The van der Waals surface area contributed by atoms with Crippen LogP contribution in [-0.4, -0.2) is 58.1 Å². The topological polar surface area (TPSA) is 137 Å². The summed E-state index contributed by atoms with van der Waals surface area (Å²) in [5.74, 6) is -1.37. The number of rotatable bonds is 8. The molecule has 20 heavy (non-hydrogen) atoms. The number of hydrogen-bond donors (Lipinski definition) is 5. The van der Waals surface area contributed by atoms with Crippen molar-refractivity contribution in [2.75, 3.05) is 28.3 Å². The maximum Gasteiger partial charge on any atom is 0.397 e. The smallest absolute Gasteiger partial charge is 0.397 e. The normalized spacial score (nSPS) is 11.4. The third kappa shape index (κ3) is 9.83. The molecule has 0 radical (unpaired) electrons. The highest BCUT2D eigenvalue weighted by Gasteiger charge is 2.23. The van der Waals surface area contributed by atoms with Crippen LogP contribution in [-0.2, 0) is 19.4 Å². The van der Waals surface area contributed by atoms with Crippen molar-refractivity contribution in [3.63, 3.8) is 0 Å². The van der Waals surface area contributed by atoms with Gasteiger partial charge in [0.05, 0.1) is 7.11 Å². The summed E-state index contributed by atoms with van der Waals surface area (Å²) in [5, 5.41) is 17.8. The van der Waals surface area contributed by atoms with E-state index in [1.165, 1.54) is 0 Å². The van der Waals surface area contributed by atoms with Gasteiger partial charge in [0.1, 0.15) is 5.79 Å². The second kappa shape index (κ2) is 9.80. The zero-order valence-electron chi connectivity index (χ0n) is 12.1. The highest BCUT2D eigenvalue weighted by molar-refractivity contribution is 7.80. The summed E-state index contributed by atoms with van der Waals surface area (Å²) in [6, 6.07) is 0. The minimum Gasteiger partial charge on any atom is -0.478 e. The molecule has 0 aromatic carbocycles. The van der Waals surface area contributed by atoms with Crippen molar-refractivity contribution in [3.05, 3.63) is 12.2 Å². The monoisotopic (exact) mass is 313 g/mol. The second-order valence-electron chi connectivity index (χ2n) is 3.66. The van der Waals surface area contributed by atoms with Crippen molar-refractivity contribution in [2.45, 2.75) is 18.6 Å². The van der Waals surface area contributed by atoms with Crippen LogP contribution in [0.1, 0.15) is 12.8 Å². The minimum absolute atomic E-state index is 0.218. The van der Waals surface area contributed by atoms with Gasteiger partial charge in [0.15, 0.2) is 0 Å². The molecule has 0 aliphatic rings. The van der Waals surface area contributed by atoms with Gasteiger partial charge in [0.25, 0.3) is 0 Å². The number of carboxylic acids is 1. The van der Waals surface area contributed by atoms with Crippen molar-refractivity contribution in [1.82, 2.24) is 16.0 Å². The number of nitrogens with one attached hydrogen (secondary N) is 3. The molecule has 10 heteroatoms. The first-order valence-corrected chi connectivity index (χ1v) is 6.94. The average Bonchev–Trinajstić information content (AvgIpc) is 2.40. The molecule has 0 saturated carbocycles. The Labute approximate surface area is 119 Å². The quantitative estimate of drug-likeness (QED) is 0.220. The van der Waals surface area contributed by atoms with Crippen LogP contribution in [0.2, 0.25) is 0 Å². The van der Waals surface area contributed by atoms with Crippen molar-refractivity contribution >= 4 is 16.4 Å². The third-order valence-electron chi connectivity index (χ3n) is 2.60. The van der Waals surface area contributed by atoms with Gasteiger partial charge >= 0.3 is 16.4 Å². The summed E-state index contributed by atoms with van der Waals surface area (Å²) in [7, 11) is 2.11. The average molecular weight is 313 g/mol. The van der Waals surface area contributed by atoms with Gasteiger partial charge in [0, 0.05) is 5.57 Å². The Morgan fingerprint density at radius 2 is 1.60 bits per heavy atom. The maximum atomic E-state index is 10.5. The van der Waals surface area contributed by atoms with Gasteiger partial charge < -0.3 is 5.11 Å². The van der Waals surface area contributed by atoms with Crippen LogP contribution in [0.25, 0.3) is 0 Å². The zero-order valence-corrected chi connectivity index (χ0v) is 12.9. The van der Waals surface area contributed by atoms with Gasteiger partial charge in [-0.25, -0.2) is 4.79 Å². The molecule has 0 aliphatic heterocycles. The molecule has 0 amide bonds. The Bertz CT molecular complexity index is 397. The molecule has 0 spiro atoms. The molecular weight excluding hydrogens is 290 g/mol. The largest absolute Gasteiger partial charge is 0.478 e. The van der Waals surface area contributed by atoms with E-state index < -0.39 is 22.2 Å². The number of carboxylic acid groups (broad SMARTS) is 1. The Morgan fingerprint density at radius 3 is 1.80 bits per heavy atom. The van der Waals surface area contributed by atoms with E-state index in [0.717, 1.165) is 7.11 Å². The van der Waals surface area contributed by atoms with E-state index in [4.69, 9.17) is 9.66 Å². The lowest BCUT2D eigenvalue weighted by Gasteiger charge is -2.32. The van der Waals surface area contributed by atoms with E-state index in [1.807, 2.05) is 0 Å². The van der Waals surface area contributed by atoms with Gasteiger partial charge in [-0.2, -0.15) is 8.42 Å². The summed E-state index contributed by atoms with van der Waals surface area (Å²) in [4.78, 5) is 10.5. The van der Waals surface area contributed by atoms with Crippen molar-refractivity contribution in [1.29, 1.82) is 0 Å². The minimum atomic E-state index is -4.16. The van der Waals surface area contributed by atoms with Gasteiger partial charge in [0.2, 0.25) is 0 Å². The van der Waals surface area contributed by atoms with Crippen molar-refractivity contribution in [2.24, 2.45) is 0 Å². The summed E-state index contributed by atoms with van der Waals surface area (Å²) >= 11 is 0. The predicted octanol–water partition coefficient (Wildman–Crippen LogP) is -0.845. The number of aliphatic carboxylic acids is 1. The van der Waals surface area contributed by atoms with Gasteiger partial charge in [-0.3, -0.25) is 24.7 Å². The van der Waals surface area contributed by atoms with E-state index in [0.29, 0.717) is 12.8 Å². The summed E-state index contributed by atoms with van der Waals surface area (Å²) in [5.41, 5.74) is 0.218. The first-order valence-electron chi connectivity index (χ1n) is 5.58. The van der Waals surface area contributed by atoms with Crippen LogP contribution in [0.4, 0.5) is 0 Å². The molecule has 0 heterocycles. The Morgan fingerprint density at radius 1 is 1.25 bits per heavy atom. The van der Waals surface area contributed by atoms with E-state index in [1.54, 1.807) is 21.1 Å². The molecule has 0 bridgehead atoms. The Kier molecular flexibility index (Phi) is 10.4. The summed E-state index contributed by atoms with van der Waals surface area (Å²) < 4.78 is 29.7. The standard InChI is InChI=1S/C9H19N3O2.CH4O4S/c1-7(8(13)14)5-6-9(10-2,11-3)12-4;1-5-6(2,3)4/h10-12H,1,5-6H2,2-4H3,(H,13,14);1H3,(H,2,3,4). The molecule has 9 nitrogen and oxygen atoms in total. The SMILES string of the molecule is C=C(CCC(NC)(NC)NC)C(=O)O.COS(=O)(=O)O. The van der Waals surface area contributed by atoms with E-state index >= 15 is 0 Å². The van der Waals surface area contributed by atoms with Crippen molar-refractivity contribution in [3.8, 4) is 0 Å². The van der Waals surface area contributed by atoms with Crippen LogP contribution in [0.5, 0.6) is 0 Å². The number of hydrogen-bond acceptors (Lipinski definition) is 7. The predicted molar refractivity (Wildman–Crippen MR) is 74.5 cm³/mol. The molecule has 0 aliphatic carbocycles. The lowest BCUT2D eigenvalue weighted by molar-refractivity contribution is -0.132. The highest BCUT2D eigenvalue weighted by atomic mass is 32.3. The molecule has 0 unspecified atom stereocenters. The van der Waals surface area contributed by atoms with Crippen LogP contribution in [0.3, 0.4) is 0 Å². The first kappa shape index (κ1) is 21.3. The third-order valence-corrected chi connectivity index (χ3v) is 3.02. The van der Waals surface area contributed by atoms with Crippen LogP contribution >= 0.6 is 0 Å². The lowest BCUT2D eigenvalue weighted by atomic mass is 10.1. The van der Waals surface area contributed by atoms with E-state index in [2.05, 4.69) is 26.7 Å². The molecule has 120 valence electrons. The number of carbonyl (C=O) groups is 1. The van der Waals surface area contributed by atoms with E-state index in [-0.39, 0.29) is 5.57 Å². The van der Waals surface area contributed by atoms with Crippen LogP contribution < -0.4 is 16.0 Å². The molecule has 0 fully saturated rings. The molecular formula is C10H23N3O6S. The highest BCUT2D eigenvalue weighted by Crippen LogP contribution is 2.10. The fourth-order valence-corrected chi connectivity index (χ4v) is 1.20. The second-order valence-corrected chi connectivity index (χ2v) is 4.85. The van der Waals surface area contributed by atoms with Crippen LogP contribution in [0, 0.1) is 0 Å². The maximum absolute atomic E-state index is 10.5. The molecule has 0 rings (SSSR count). The lowest BCUT2D eigenvalue weighted by Crippen LogP contribution is -2.63. The molecule has 0 aromatic rings. The van der Waals surface area contributed by atoms with Gasteiger partial charge in [-0.05, 0) is 34.0 Å². The summed E-state index contributed by atoms with van der Waals surface area (Å²) in [6.45, 7) is 3.48. The molecule has 0 atom stereocenters. The van der Waals surface area contributed by atoms with E-state index in [9.17, 15) is 13.2 Å². The van der Waals surface area contributed by atoms with Gasteiger partial charge in [-0.1, -0.05) is 6.58 Å². The fraction of sp³-hybridized carbons (Fsp3) is 0.700. The van der Waals surface area contributed by atoms with Crippen LogP contribution in [0.15, 0.2) is 12.2 Å². The Hall–Kier alpha value is -1.04. The fourth-order valence-electron chi connectivity index (χ4n) is 1.20. The first-order chi connectivity index (χ1) is 9.07. The Balaban J connectivity index is 0.